The highest BCUT2D eigenvalue weighted by atomic mass is 16.6. The molecule has 15 heavy (non-hydrogen) atoms. The molecule has 0 aliphatic rings. The van der Waals surface area contributed by atoms with Gasteiger partial charge in [-0.2, -0.15) is 0 Å². The lowest BCUT2D eigenvalue weighted by Gasteiger charge is -1.93. The Labute approximate surface area is 81.7 Å². The molecule has 0 fully saturated rings. The first-order valence-electron chi connectivity index (χ1n) is 3.81. The Morgan fingerprint density at radius 2 is 2.27 bits per heavy atom. The summed E-state index contributed by atoms with van der Waals surface area (Å²) in [6.45, 7) is 0. The van der Waals surface area contributed by atoms with Gasteiger partial charge in [-0.25, -0.2) is 14.8 Å². The van der Waals surface area contributed by atoms with Crippen molar-refractivity contribution in [3.8, 4) is 0 Å². The van der Waals surface area contributed by atoms with Gasteiger partial charge in [0.15, 0.2) is 11.2 Å². The lowest BCUT2D eigenvalue weighted by Crippen LogP contribution is -2.01. The van der Waals surface area contributed by atoms with E-state index >= 15 is 0 Å². The van der Waals surface area contributed by atoms with Crippen molar-refractivity contribution in [1.82, 2.24) is 15.0 Å². The summed E-state index contributed by atoms with van der Waals surface area (Å²) in [7, 11) is 0. The summed E-state index contributed by atoms with van der Waals surface area (Å²) in [4.78, 5) is 30.3. The zero-order valence-corrected chi connectivity index (χ0v) is 7.17. The maximum absolute atomic E-state index is 10.7. The molecular weight excluding hydrogens is 204 g/mol. The van der Waals surface area contributed by atoms with Crippen LogP contribution in [0.3, 0.4) is 0 Å². The number of nitrogens with one attached hydrogen (secondary N) is 1. The van der Waals surface area contributed by atoms with Crippen molar-refractivity contribution in [1.29, 1.82) is 0 Å². The third-order valence-corrected chi connectivity index (χ3v) is 1.84. The number of nitro groups is 1. The van der Waals surface area contributed by atoms with E-state index in [9.17, 15) is 14.9 Å². The van der Waals surface area contributed by atoms with Crippen molar-refractivity contribution in [2.24, 2.45) is 0 Å². The molecule has 0 unspecified atom stereocenters. The molecule has 8 heteroatoms. The van der Waals surface area contributed by atoms with E-state index in [-0.39, 0.29) is 22.4 Å². The smallest absolute Gasteiger partial charge is 0.356 e. The van der Waals surface area contributed by atoms with Crippen LogP contribution in [0.25, 0.3) is 11.0 Å². The van der Waals surface area contributed by atoms with Crippen molar-refractivity contribution in [2.75, 3.05) is 0 Å². The third kappa shape index (κ3) is 1.27. The number of aromatic nitrogens is 3. The van der Waals surface area contributed by atoms with Gasteiger partial charge in [-0.1, -0.05) is 0 Å². The second-order valence-corrected chi connectivity index (χ2v) is 2.68. The van der Waals surface area contributed by atoms with E-state index in [1.165, 1.54) is 0 Å². The lowest BCUT2D eigenvalue weighted by atomic mass is 10.3. The van der Waals surface area contributed by atoms with E-state index in [0.717, 1.165) is 12.5 Å². The molecule has 8 nitrogen and oxygen atoms in total. The lowest BCUT2D eigenvalue weighted by molar-refractivity contribution is -0.383. The molecule has 2 rings (SSSR count). The van der Waals surface area contributed by atoms with Crippen LogP contribution >= 0.6 is 0 Å². The molecular formula is C7H4N4O4. The first-order valence-corrected chi connectivity index (χ1v) is 3.81. The average Bonchev–Trinajstić information content (AvgIpc) is 2.59. The molecule has 0 saturated heterocycles. The average molecular weight is 208 g/mol. The van der Waals surface area contributed by atoms with Crippen molar-refractivity contribution in [3.63, 3.8) is 0 Å². The summed E-state index contributed by atoms with van der Waals surface area (Å²) >= 11 is 0. The Bertz CT molecular complexity index is 561. The first kappa shape index (κ1) is 9.06. The number of hydrogen-bond acceptors (Lipinski definition) is 5. The number of hydrogen-bond donors (Lipinski definition) is 2. The van der Waals surface area contributed by atoms with E-state index in [2.05, 4.69) is 15.0 Å². The van der Waals surface area contributed by atoms with E-state index in [0.29, 0.717) is 0 Å². The summed E-state index contributed by atoms with van der Waals surface area (Å²) in [5.74, 6) is -1.26. The molecule has 0 atom stereocenters. The number of aromatic amines is 1. The van der Waals surface area contributed by atoms with Crippen molar-refractivity contribution < 1.29 is 14.8 Å². The molecule has 2 aromatic rings. The Morgan fingerprint density at radius 1 is 1.53 bits per heavy atom. The molecule has 0 radical (unpaired) electrons. The van der Waals surface area contributed by atoms with Crippen LogP contribution in [-0.2, 0) is 0 Å². The maximum Gasteiger partial charge on any atom is 0.356 e. The quantitative estimate of drug-likeness (QED) is 0.549. The van der Waals surface area contributed by atoms with Crippen molar-refractivity contribution in [3.05, 3.63) is 28.3 Å². The maximum atomic E-state index is 10.7. The van der Waals surface area contributed by atoms with Crippen molar-refractivity contribution in [2.45, 2.75) is 0 Å². The zero-order chi connectivity index (χ0) is 11.0. The number of carbonyl (C=O) groups is 1. The number of fused-ring (bicyclic) bond motifs is 1. The molecule has 0 bridgehead atoms. The number of aromatic carboxylic acids is 1. The predicted molar refractivity (Wildman–Crippen MR) is 47.5 cm³/mol. The van der Waals surface area contributed by atoms with Crippen LogP contribution in [0.15, 0.2) is 12.5 Å². The molecule has 0 spiro atoms. The Balaban J connectivity index is 2.80. The van der Waals surface area contributed by atoms with Gasteiger partial charge < -0.3 is 10.1 Å². The standard InChI is InChI=1S/C7H4N4O4/c12-7(13)6-5-4(9-2-10-6)3(1-8-5)11(14)15/h1-2,8H,(H,12,13). The van der Waals surface area contributed by atoms with E-state index < -0.39 is 10.9 Å². The molecule has 2 heterocycles. The first-order chi connectivity index (χ1) is 7.11. The largest absolute Gasteiger partial charge is 0.476 e. The molecule has 0 amide bonds. The van der Waals surface area contributed by atoms with Gasteiger partial charge in [0.25, 0.3) is 0 Å². The molecule has 0 saturated carbocycles. The minimum absolute atomic E-state index is 0.00704. The normalized spacial score (nSPS) is 10.4. The molecule has 2 aromatic heterocycles. The van der Waals surface area contributed by atoms with Gasteiger partial charge in [0.05, 0.1) is 11.1 Å². The van der Waals surface area contributed by atoms with E-state index in [1.54, 1.807) is 0 Å². The van der Waals surface area contributed by atoms with Gasteiger partial charge in [-0.15, -0.1) is 0 Å². The second kappa shape index (κ2) is 3.01. The van der Waals surface area contributed by atoms with Gasteiger partial charge in [0.1, 0.15) is 11.8 Å². The third-order valence-electron chi connectivity index (χ3n) is 1.84. The van der Waals surface area contributed by atoms with Crippen molar-refractivity contribution >= 4 is 22.7 Å². The molecule has 0 aliphatic carbocycles. The van der Waals surface area contributed by atoms with E-state index in [4.69, 9.17) is 5.11 Å². The van der Waals surface area contributed by atoms with Gasteiger partial charge in [-0.05, 0) is 0 Å². The predicted octanol–water partition coefficient (Wildman–Crippen LogP) is 0.564. The summed E-state index contributed by atoms with van der Waals surface area (Å²) in [5, 5.41) is 19.3. The Morgan fingerprint density at radius 3 is 2.87 bits per heavy atom. The molecule has 76 valence electrons. The van der Waals surface area contributed by atoms with Crippen LogP contribution < -0.4 is 0 Å². The summed E-state index contributed by atoms with van der Waals surface area (Å²) in [5.41, 5.74) is -0.507. The van der Waals surface area contributed by atoms with Crippen LogP contribution in [0.4, 0.5) is 5.69 Å². The fourth-order valence-corrected chi connectivity index (χ4v) is 1.23. The number of carboxylic acid groups (broad SMARTS) is 1. The van der Waals surface area contributed by atoms with Gasteiger partial charge in [0.2, 0.25) is 0 Å². The van der Waals surface area contributed by atoms with Gasteiger partial charge >= 0.3 is 11.7 Å². The monoisotopic (exact) mass is 208 g/mol. The summed E-state index contributed by atoms with van der Waals surface area (Å²) < 4.78 is 0. The number of carboxylic acids is 1. The molecule has 2 N–H and O–H groups in total. The highest BCUT2D eigenvalue weighted by molar-refractivity contribution is 6.01. The highest BCUT2D eigenvalue weighted by Gasteiger charge is 2.20. The second-order valence-electron chi connectivity index (χ2n) is 2.68. The van der Waals surface area contributed by atoms with Gasteiger partial charge in [0, 0.05) is 0 Å². The minimum Gasteiger partial charge on any atom is -0.476 e. The van der Waals surface area contributed by atoms with Crippen LogP contribution in [0, 0.1) is 10.1 Å². The fraction of sp³-hybridized carbons (Fsp3) is 0. The SMILES string of the molecule is O=C(O)c1ncnc2c([N+](=O)[O-])c[nH]c12. The molecule has 0 aliphatic heterocycles. The number of nitrogens with zero attached hydrogens (tertiary/aromatic N) is 3. The topological polar surface area (TPSA) is 122 Å². The van der Waals surface area contributed by atoms with E-state index in [1.807, 2.05) is 0 Å². The number of rotatable bonds is 2. The zero-order valence-electron chi connectivity index (χ0n) is 7.17. The van der Waals surface area contributed by atoms with Crippen LogP contribution in [0.1, 0.15) is 10.5 Å². The van der Waals surface area contributed by atoms with Gasteiger partial charge in [-0.3, -0.25) is 10.1 Å². The number of H-pyrrole nitrogens is 1. The van der Waals surface area contributed by atoms with Crippen LogP contribution in [-0.4, -0.2) is 31.0 Å². The Hall–Kier alpha value is -2.51. The highest BCUT2D eigenvalue weighted by Crippen LogP contribution is 2.23. The summed E-state index contributed by atoms with van der Waals surface area (Å²) in [6, 6.07) is 0. The van der Waals surface area contributed by atoms with Crippen LogP contribution in [0.5, 0.6) is 0 Å². The molecule has 0 aromatic carbocycles. The fourth-order valence-electron chi connectivity index (χ4n) is 1.23. The Kier molecular flexibility index (Phi) is 1.82. The summed E-state index contributed by atoms with van der Waals surface area (Å²) in [6.07, 6.45) is 2.07. The minimum atomic E-state index is -1.26. The van der Waals surface area contributed by atoms with Crippen LogP contribution in [0.2, 0.25) is 0 Å².